The normalized spacial score (nSPS) is 18.1. The second kappa shape index (κ2) is 9.05. The summed E-state index contributed by atoms with van der Waals surface area (Å²) in [6.45, 7) is 3.08. The Balaban J connectivity index is 1.47. The first-order valence-electron chi connectivity index (χ1n) is 11.2. The molecule has 0 radical (unpaired) electrons. The maximum absolute atomic E-state index is 13.3. The third kappa shape index (κ3) is 4.08. The molecule has 1 amide bonds. The lowest BCUT2D eigenvalue weighted by Crippen LogP contribution is -2.42. The Morgan fingerprint density at radius 1 is 1.12 bits per heavy atom. The summed E-state index contributed by atoms with van der Waals surface area (Å²) in [5, 5.41) is 2.25. The van der Waals surface area contributed by atoms with E-state index in [0.717, 1.165) is 33.1 Å². The van der Waals surface area contributed by atoms with Gasteiger partial charge in [0.15, 0.2) is 4.80 Å². The number of benzene rings is 3. The molecule has 176 valence electrons. The Kier molecular flexibility index (Phi) is 6.09. The van der Waals surface area contributed by atoms with E-state index in [9.17, 15) is 17.6 Å². The fourth-order valence-corrected chi connectivity index (χ4v) is 7.25. The molecule has 1 aliphatic rings. The van der Waals surface area contributed by atoms with E-state index in [-0.39, 0.29) is 17.3 Å². The van der Waals surface area contributed by atoms with Gasteiger partial charge in [-0.05, 0) is 55.5 Å². The van der Waals surface area contributed by atoms with Crippen molar-refractivity contribution in [2.45, 2.75) is 31.2 Å². The summed E-state index contributed by atoms with van der Waals surface area (Å²) in [6, 6.07) is 17.0. The van der Waals surface area contributed by atoms with Gasteiger partial charge in [0.25, 0.3) is 5.91 Å². The third-order valence-corrected chi connectivity index (χ3v) is 9.29. The highest BCUT2D eigenvalue weighted by molar-refractivity contribution is 7.89. The average molecular weight is 498 g/mol. The second-order valence-corrected chi connectivity index (χ2v) is 11.3. The van der Waals surface area contributed by atoms with Crippen LogP contribution in [-0.2, 0) is 21.4 Å². The lowest BCUT2D eigenvalue weighted by atomic mass is 9.99. The standard InChI is InChI=1S/C25H24FN3O3S2/c1-2-29-22-14-9-17-6-3-4-8-21(17)23(22)33-25(29)27-24(30)18-7-5-15-28(16-18)34(31,32)20-12-10-19(26)11-13-20/h3-4,6,8-14,18H,2,5,7,15-16H2,1H3. The molecule has 34 heavy (non-hydrogen) atoms. The molecule has 4 aromatic rings. The molecule has 3 aromatic carbocycles. The molecule has 0 bridgehead atoms. The Morgan fingerprint density at radius 3 is 2.65 bits per heavy atom. The van der Waals surface area contributed by atoms with Crippen LogP contribution in [0, 0.1) is 11.7 Å². The second-order valence-electron chi connectivity index (χ2n) is 8.37. The molecule has 1 unspecified atom stereocenters. The van der Waals surface area contributed by atoms with Crippen LogP contribution in [-0.4, -0.2) is 36.3 Å². The summed E-state index contributed by atoms with van der Waals surface area (Å²) in [4.78, 5) is 18.3. The first kappa shape index (κ1) is 22.9. The highest BCUT2D eigenvalue weighted by Crippen LogP contribution is 2.28. The minimum absolute atomic E-state index is 0.0270. The lowest BCUT2D eigenvalue weighted by Gasteiger charge is -2.30. The summed E-state index contributed by atoms with van der Waals surface area (Å²) >= 11 is 1.48. The van der Waals surface area contributed by atoms with E-state index in [1.165, 1.54) is 27.8 Å². The van der Waals surface area contributed by atoms with Crippen LogP contribution >= 0.6 is 11.3 Å². The Hall–Kier alpha value is -2.88. The van der Waals surface area contributed by atoms with Gasteiger partial charge in [0.2, 0.25) is 10.0 Å². The summed E-state index contributed by atoms with van der Waals surface area (Å²) in [7, 11) is -3.81. The van der Waals surface area contributed by atoms with Gasteiger partial charge in [0, 0.05) is 25.0 Å². The number of fused-ring (bicyclic) bond motifs is 3. The first-order chi connectivity index (χ1) is 16.4. The lowest BCUT2D eigenvalue weighted by molar-refractivity contribution is -0.122. The molecular weight excluding hydrogens is 473 g/mol. The molecule has 0 aliphatic carbocycles. The third-order valence-electron chi connectivity index (χ3n) is 6.28. The van der Waals surface area contributed by atoms with E-state index in [2.05, 4.69) is 29.3 Å². The first-order valence-corrected chi connectivity index (χ1v) is 13.5. The number of carbonyl (C=O) groups excluding carboxylic acids is 1. The van der Waals surface area contributed by atoms with Crippen LogP contribution in [0.25, 0.3) is 21.0 Å². The van der Waals surface area contributed by atoms with Crippen molar-refractivity contribution in [1.82, 2.24) is 8.87 Å². The minimum Gasteiger partial charge on any atom is -0.317 e. The number of rotatable bonds is 4. The minimum atomic E-state index is -3.81. The summed E-state index contributed by atoms with van der Waals surface area (Å²) < 4.78 is 43.7. The Morgan fingerprint density at radius 2 is 1.88 bits per heavy atom. The molecule has 1 aliphatic heterocycles. The Labute approximate surface area is 201 Å². The van der Waals surface area contributed by atoms with Crippen molar-refractivity contribution in [2.75, 3.05) is 13.1 Å². The number of amides is 1. The van der Waals surface area contributed by atoms with Gasteiger partial charge in [-0.15, -0.1) is 0 Å². The highest BCUT2D eigenvalue weighted by Gasteiger charge is 2.33. The van der Waals surface area contributed by atoms with Crippen molar-refractivity contribution in [3.63, 3.8) is 0 Å². The summed E-state index contributed by atoms with van der Waals surface area (Å²) in [6.07, 6.45) is 1.15. The van der Waals surface area contributed by atoms with Crippen molar-refractivity contribution in [1.29, 1.82) is 0 Å². The number of hydrogen-bond donors (Lipinski definition) is 0. The van der Waals surface area contributed by atoms with E-state index in [1.54, 1.807) is 0 Å². The van der Waals surface area contributed by atoms with Crippen molar-refractivity contribution >= 4 is 48.3 Å². The van der Waals surface area contributed by atoms with Gasteiger partial charge in [0.05, 0.1) is 21.0 Å². The molecule has 2 heterocycles. The van der Waals surface area contributed by atoms with Crippen molar-refractivity contribution in [2.24, 2.45) is 10.9 Å². The predicted octanol–water partition coefficient (Wildman–Crippen LogP) is 4.54. The van der Waals surface area contributed by atoms with Gasteiger partial charge >= 0.3 is 0 Å². The molecule has 1 saturated heterocycles. The van der Waals surface area contributed by atoms with Crippen LogP contribution in [0.5, 0.6) is 0 Å². The van der Waals surface area contributed by atoms with Gasteiger partial charge in [-0.3, -0.25) is 4.79 Å². The zero-order valence-electron chi connectivity index (χ0n) is 18.6. The van der Waals surface area contributed by atoms with E-state index < -0.39 is 21.8 Å². The van der Waals surface area contributed by atoms with Gasteiger partial charge in [-0.2, -0.15) is 9.30 Å². The number of carbonyl (C=O) groups is 1. The average Bonchev–Trinajstić information content (AvgIpc) is 3.21. The van der Waals surface area contributed by atoms with Gasteiger partial charge in [-0.25, -0.2) is 12.8 Å². The molecule has 1 fully saturated rings. The fraction of sp³-hybridized carbons (Fsp3) is 0.280. The molecule has 0 N–H and O–H groups in total. The monoisotopic (exact) mass is 497 g/mol. The van der Waals surface area contributed by atoms with Crippen LogP contribution in [0.4, 0.5) is 4.39 Å². The van der Waals surface area contributed by atoms with E-state index in [1.807, 2.05) is 23.6 Å². The molecule has 0 spiro atoms. The summed E-state index contributed by atoms with van der Waals surface area (Å²) in [5.74, 6) is -1.32. The zero-order valence-corrected chi connectivity index (χ0v) is 20.3. The molecule has 9 heteroatoms. The number of aromatic nitrogens is 1. The molecular formula is C25H24FN3O3S2. The number of sulfonamides is 1. The molecule has 1 atom stereocenters. The van der Waals surface area contributed by atoms with Gasteiger partial charge < -0.3 is 4.57 Å². The number of aryl methyl sites for hydroxylation is 1. The number of piperidine rings is 1. The number of thiazole rings is 1. The maximum Gasteiger partial charge on any atom is 0.252 e. The zero-order chi connectivity index (χ0) is 23.9. The van der Waals surface area contributed by atoms with E-state index in [0.29, 0.717) is 30.7 Å². The van der Waals surface area contributed by atoms with E-state index >= 15 is 0 Å². The van der Waals surface area contributed by atoms with Crippen LogP contribution in [0.15, 0.2) is 70.6 Å². The summed E-state index contributed by atoms with van der Waals surface area (Å²) in [5.41, 5.74) is 1.03. The van der Waals surface area contributed by atoms with Crippen molar-refractivity contribution < 1.29 is 17.6 Å². The number of hydrogen-bond acceptors (Lipinski definition) is 4. The Bertz CT molecular complexity index is 1560. The fourth-order valence-electron chi connectivity index (χ4n) is 4.49. The number of nitrogens with zero attached hydrogens (tertiary/aromatic N) is 3. The van der Waals surface area contributed by atoms with Crippen LogP contribution in [0.2, 0.25) is 0 Å². The molecule has 1 aromatic heterocycles. The predicted molar refractivity (Wildman–Crippen MR) is 131 cm³/mol. The van der Waals surface area contributed by atoms with Crippen LogP contribution in [0.3, 0.4) is 0 Å². The molecule has 5 rings (SSSR count). The molecule has 6 nitrogen and oxygen atoms in total. The maximum atomic E-state index is 13.3. The number of halogens is 1. The van der Waals surface area contributed by atoms with Crippen LogP contribution < -0.4 is 4.80 Å². The quantitative estimate of drug-likeness (QED) is 0.416. The topological polar surface area (TPSA) is 71.7 Å². The smallest absolute Gasteiger partial charge is 0.252 e. The van der Waals surface area contributed by atoms with Crippen molar-refractivity contribution in [3.8, 4) is 0 Å². The molecule has 0 saturated carbocycles. The van der Waals surface area contributed by atoms with Gasteiger partial charge in [0.1, 0.15) is 5.82 Å². The largest absolute Gasteiger partial charge is 0.317 e. The van der Waals surface area contributed by atoms with Crippen LogP contribution in [0.1, 0.15) is 19.8 Å². The SMILES string of the molecule is CCn1c(=NC(=O)C2CCCN(S(=O)(=O)c3ccc(F)cc3)C2)sc2c3ccccc3ccc21. The van der Waals surface area contributed by atoms with E-state index in [4.69, 9.17) is 0 Å². The highest BCUT2D eigenvalue weighted by atomic mass is 32.2. The van der Waals surface area contributed by atoms with Crippen molar-refractivity contribution in [3.05, 3.63) is 71.3 Å². The van der Waals surface area contributed by atoms with Gasteiger partial charge in [-0.1, -0.05) is 41.7 Å².